The molecule has 0 aromatic heterocycles. The Bertz CT molecular complexity index is 222. The predicted octanol–water partition coefficient (Wildman–Crippen LogP) is 7.32. The molecule has 0 aliphatic carbocycles. The first-order chi connectivity index (χ1) is 10.8. The van der Waals surface area contributed by atoms with Gasteiger partial charge in [0.05, 0.1) is 0 Å². The van der Waals surface area contributed by atoms with E-state index in [4.69, 9.17) is 0 Å². The molecule has 132 valence electrons. The first-order valence-corrected chi connectivity index (χ1v) is 10.2. The summed E-state index contributed by atoms with van der Waals surface area (Å²) in [4.78, 5) is 2.37. The molecular formula is C21H43N. The molecule has 0 fully saturated rings. The molecule has 0 radical (unpaired) electrons. The summed E-state index contributed by atoms with van der Waals surface area (Å²) in [6.07, 6.45) is 25.6. The molecule has 1 heteroatoms. The molecular weight excluding hydrogens is 266 g/mol. The molecule has 0 aromatic carbocycles. The molecule has 22 heavy (non-hydrogen) atoms. The summed E-state index contributed by atoms with van der Waals surface area (Å²) >= 11 is 0. The van der Waals surface area contributed by atoms with E-state index in [-0.39, 0.29) is 0 Å². The van der Waals surface area contributed by atoms with E-state index in [9.17, 15) is 0 Å². The van der Waals surface area contributed by atoms with Crippen LogP contribution in [0.5, 0.6) is 0 Å². The molecule has 0 saturated carbocycles. The van der Waals surface area contributed by atoms with Gasteiger partial charge < -0.3 is 4.90 Å². The monoisotopic (exact) mass is 309 g/mol. The van der Waals surface area contributed by atoms with Gasteiger partial charge in [0.15, 0.2) is 0 Å². The Kier molecular flexibility index (Phi) is 18.2. The van der Waals surface area contributed by atoms with E-state index in [1.807, 2.05) is 0 Å². The third-order valence-corrected chi connectivity index (χ3v) is 4.45. The number of allylic oxidation sites excluding steroid dienone is 1. The maximum absolute atomic E-state index is 2.37. The second kappa shape index (κ2) is 18.6. The molecule has 0 saturated heterocycles. The van der Waals surface area contributed by atoms with Gasteiger partial charge in [-0.2, -0.15) is 0 Å². The summed E-state index contributed by atoms with van der Waals surface area (Å²) in [6.45, 7) is 5.79. The first-order valence-electron chi connectivity index (χ1n) is 10.2. The van der Waals surface area contributed by atoms with Crippen molar-refractivity contribution in [2.75, 3.05) is 13.6 Å². The fraction of sp³-hybridized carbons (Fsp3) is 0.905. The molecule has 0 aromatic rings. The van der Waals surface area contributed by atoms with Crippen molar-refractivity contribution in [3.8, 4) is 0 Å². The fourth-order valence-corrected chi connectivity index (χ4v) is 2.87. The Morgan fingerprint density at radius 1 is 0.591 bits per heavy atom. The lowest BCUT2D eigenvalue weighted by atomic mass is 10.1. The van der Waals surface area contributed by atoms with Crippen LogP contribution < -0.4 is 0 Å². The van der Waals surface area contributed by atoms with Crippen LogP contribution in [0.15, 0.2) is 12.3 Å². The first kappa shape index (κ1) is 21.5. The second-order valence-corrected chi connectivity index (χ2v) is 6.90. The highest BCUT2D eigenvalue weighted by atomic mass is 15.1. The average Bonchev–Trinajstić information content (AvgIpc) is 2.52. The van der Waals surface area contributed by atoms with Crippen LogP contribution in [0, 0.1) is 0 Å². The Morgan fingerprint density at radius 3 is 1.59 bits per heavy atom. The molecule has 0 rings (SSSR count). The van der Waals surface area contributed by atoms with Crippen molar-refractivity contribution in [1.29, 1.82) is 0 Å². The Balaban J connectivity index is 3.24. The van der Waals surface area contributed by atoms with Gasteiger partial charge in [-0.1, -0.05) is 97.0 Å². The minimum atomic E-state index is 1.22. The SMILES string of the molecule is CCCCCCCCC=CN(C)CCCCCCCCCC. The van der Waals surface area contributed by atoms with Crippen molar-refractivity contribution >= 4 is 0 Å². The third kappa shape index (κ3) is 17.6. The molecule has 0 aliphatic heterocycles. The van der Waals surface area contributed by atoms with E-state index in [0.29, 0.717) is 0 Å². The zero-order valence-electron chi connectivity index (χ0n) is 15.9. The smallest absolute Gasteiger partial charge is 0.0169 e. The van der Waals surface area contributed by atoms with Crippen molar-refractivity contribution in [1.82, 2.24) is 4.90 Å². The molecule has 0 unspecified atom stereocenters. The molecule has 0 amide bonds. The summed E-state index contributed by atoms with van der Waals surface area (Å²) in [7, 11) is 2.22. The molecule has 0 atom stereocenters. The number of nitrogens with zero attached hydrogens (tertiary/aromatic N) is 1. The summed E-state index contributed by atoms with van der Waals surface area (Å²) in [5, 5.41) is 0. The third-order valence-electron chi connectivity index (χ3n) is 4.45. The molecule has 0 heterocycles. The quantitative estimate of drug-likeness (QED) is 0.254. The van der Waals surface area contributed by atoms with Crippen LogP contribution in [0.1, 0.15) is 110 Å². The topological polar surface area (TPSA) is 3.24 Å². The lowest BCUT2D eigenvalue weighted by molar-refractivity contribution is 0.426. The van der Waals surface area contributed by atoms with Crippen LogP contribution in [-0.2, 0) is 0 Å². The molecule has 0 N–H and O–H groups in total. The molecule has 0 aliphatic rings. The lowest BCUT2D eigenvalue weighted by Crippen LogP contribution is -2.11. The van der Waals surface area contributed by atoms with Crippen molar-refractivity contribution < 1.29 is 0 Å². The minimum Gasteiger partial charge on any atom is -0.381 e. The van der Waals surface area contributed by atoms with Crippen molar-refractivity contribution in [3.63, 3.8) is 0 Å². The van der Waals surface area contributed by atoms with Crippen molar-refractivity contribution in [3.05, 3.63) is 12.3 Å². The normalized spacial score (nSPS) is 11.4. The Morgan fingerprint density at radius 2 is 1.05 bits per heavy atom. The van der Waals surface area contributed by atoms with Gasteiger partial charge in [-0.15, -0.1) is 0 Å². The van der Waals surface area contributed by atoms with Crippen LogP contribution in [0.4, 0.5) is 0 Å². The van der Waals surface area contributed by atoms with Gasteiger partial charge in [0.25, 0.3) is 0 Å². The molecule has 1 nitrogen and oxygen atoms in total. The van der Waals surface area contributed by atoms with E-state index in [1.165, 1.54) is 103 Å². The van der Waals surface area contributed by atoms with Crippen molar-refractivity contribution in [2.24, 2.45) is 0 Å². The fourth-order valence-electron chi connectivity index (χ4n) is 2.87. The summed E-state index contributed by atoms with van der Waals surface area (Å²) in [5.74, 6) is 0. The summed E-state index contributed by atoms with van der Waals surface area (Å²) < 4.78 is 0. The lowest BCUT2D eigenvalue weighted by Gasteiger charge is -2.13. The van der Waals surface area contributed by atoms with Gasteiger partial charge in [-0.25, -0.2) is 0 Å². The number of hydrogen-bond donors (Lipinski definition) is 0. The van der Waals surface area contributed by atoms with Gasteiger partial charge in [0, 0.05) is 13.6 Å². The zero-order valence-corrected chi connectivity index (χ0v) is 15.9. The predicted molar refractivity (Wildman–Crippen MR) is 102 cm³/mol. The highest BCUT2D eigenvalue weighted by Gasteiger charge is 1.94. The minimum absolute atomic E-state index is 1.22. The van der Waals surface area contributed by atoms with Crippen LogP contribution in [-0.4, -0.2) is 18.5 Å². The van der Waals surface area contributed by atoms with Gasteiger partial charge in [0.2, 0.25) is 0 Å². The number of rotatable bonds is 17. The Hall–Kier alpha value is -0.460. The summed E-state index contributed by atoms with van der Waals surface area (Å²) in [5.41, 5.74) is 0. The maximum Gasteiger partial charge on any atom is 0.0169 e. The van der Waals surface area contributed by atoms with Crippen molar-refractivity contribution in [2.45, 2.75) is 110 Å². The highest BCUT2D eigenvalue weighted by Crippen LogP contribution is 2.09. The zero-order chi connectivity index (χ0) is 16.3. The van der Waals surface area contributed by atoms with E-state index in [0.717, 1.165) is 0 Å². The van der Waals surface area contributed by atoms with Gasteiger partial charge in [-0.3, -0.25) is 0 Å². The van der Waals surface area contributed by atoms with E-state index in [1.54, 1.807) is 0 Å². The highest BCUT2D eigenvalue weighted by molar-refractivity contribution is 4.80. The number of hydrogen-bond acceptors (Lipinski definition) is 1. The number of unbranched alkanes of at least 4 members (excludes halogenated alkanes) is 13. The maximum atomic E-state index is 2.37. The van der Waals surface area contributed by atoms with Crippen LogP contribution in [0.3, 0.4) is 0 Å². The van der Waals surface area contributed by atoms with Crippen LogP contribution >= 0.6 is 0 Å². The largest absolute Gasteiger partial charge is 0.381 e. The second-order valence-electron chi connectivity index (χ2n) is 6.90. The van der Waals surface area contributed by atoms with Gasteiger partial charge in [-0.05, 0) is 25.5 Å². The van der Waals surface area contributed by atoms with E-state index in [2.05, 4.69) is 38.1 Å². The average molecular weight is 310 g/mol. The van der Waals surface area contributed by atoms with Crippen LogP contribution in [0.2, 0.25) is 0 Å². The van der Waals surface area contributed by atoms with Crippen LogP contribution in [0.25, 0.3) is 0 Å². The van der Waals surface area contributed by atoms with Gasteiger partial charge in [0.1, 0.15) is 0 Å². The molecule has 0 spiro atoms. The van der Waals surface area contributed by atoms with Gasteiger partial charge >= 0.3 is 0 Å². The Labute approximate surface area is 141 Å². The van der Waals surface area contributed by atoms with E-state index >= 15 is 0 Å². The summed E-state index contributed by atoms with van der Waals surface area (Å²) in [6, 6.07) is 0. The standard InChI is InChI=1S/C21H43N/c1-4-6-8-10-12-14-16-18-20-22(3)21-19-17-15-13-11-9-7-5-2/h18,20H,4-17,19,21H2,1-3H3. The van der Waals surface area contributed by atoms with E-state index < -0.39 is 0 Å². The molecule has 0 bridgehead atoms.